The van der Waals surface area contributed by atoms with Gasteiger partial charge in [-0.2, -0.15) is 0 Å². The van der Waals surface area contributed by atoms with Gasteiger partial charge in [0.2, 0.25) is 5.75 Å². The van der Waals surface area contributed by atoms with Crippen LogP contribution in [0, 0.1) is 0 Å². The van der Waals surface area contributed by atoms with Crippen LogP contribution in [0.25, 0.3) is 39.0 Å². The highest BCUT2D eigenvalue weighted by atomic mass is 16.9. The Morgan fingerprint density at radius 1 is 0.795 bits per heavy atom. The van der Waals surface area contributed by atoms with E-state index >= 15 is 0 Å². The van der Waals surface area contributed by atoms with Crippen LogP contribution in [0.3, 0.4) is 0 Å². The standard InChI is InChI=1S/C33H30O11/c1-31(2)23(41-31)15-39-30-28-20(10-13-37-28)26(35-5)19-8-11-33(43-29(19)30)42-24(32(3,4)44-33)16-38-27-17-6-7-25(34)40-22(17)14-21-18(27)9-12-36-21/h6-14,23-24H,15-16H2,1-5H3. The van der Waals surface area contributed by atoms with Crippen molar-refractivity contribution >= 4 is 39.0 Å². The summed E-state index contributed by atoms with van der Waals surface area (Å²) in [7, 11) is 1.59. The van der Waals surface area contributed by atoms with Crippen LogP contribution in [0.4, 0.5) is 0 Å². The highest BCUT2D eigenvalue weighted by Crippen LogP contribution is 2.53. The largest absolute Gasteiger partial charge is 0.495 e. The summed E-state index contributed by atoms with van der Waals surface area (Å²) in [6, 6.07) is 8.32. The van der Waals surface area contributed by atoms with E-state index in [0.29, 0.717) is 57.3 Å². The average Bonchev–Trinajstić information content (AvgIpc) is 3.39. The Bertz CT molecular complexity index is 2030. The summed E-state index contributed by atoms with van der Waals surface area (Å²) in [6.07, 6.45) is 6.04. The van der Waals surface area contributed by atoms with Crippen molar-refractivity contribution in [2.24, 2.45) is 0 Å². The molecule has 0 radical (unpaired) electrons. The van der Waals surface area contributed by atoms with E-state index in [-0.39, 0.29) is 18.3 Å². The zero-order valence-corrected chi connectivity index (χ0v) is 24.8. The fourth-order valence-electron chi connectivity index (χ4n) is 5.90. The molecule has 3 aliphatic rings. The Morgan fingerprint density at radius 3 is 2.27 bits per heavy atom. The predicted molar refractivity (Wildman–Crippen MR) is 157 cm³/mol. The molecule has 5 aromatic rings. The maximum absolute atomic E-state index is 11.9. The van der Waals surface area contributed by atoms with Gasteiger partial charge in [-0.3, -0.25) is 0 Å². The molecule has 3 aliphatic heterocycles. The fourth-order valence-corrected chi connectivity index (χ4v) is 5.90. The quantitative estimate of drug-likeness (QED) is 0.157. The van der Waals surface area contributed by atoms with Crippen LogP contribution in [0.5, 0.6) is 23.0 Å². The third-order valence-electron chi connectivity index (χ3n) is 8.43. The molecule has 3 unspecified atom stereocenters. The van der Waals surface area contributed by atoms with Crippen molar-refractivity contribution in [2.45, 2.75) is 57.1 Å². The van der Waals surface area contributed by atoms with E-state index in [1.807, 2.05) is 39.8 Å². The van der Waals surface area contributed by atoms with Gasteiger partial charge in [-0.25, -0.2) is 4.79 Å². The number of fused-ring (bicyclic) bond motifs is 4. The lowest BCUT2D eigenvalue weighted by Gasteiger charge is -2.31. The van der Waals surface area contributed by atoms with Gasteiger partial charge in [-0.1, -0.05) is 0 Å². The number of rotatable bonds is 7. The van der Waals surface area contributed by atoms with Gasteiger partial charge >= 0.3 is 11.6 Å². The molecular weight excluding hydrogens is 572 g/mol. The van der Waals surface area contributed by atoms with Gasteiger partial charge in [0.1, 0.15) is 48.1 Å². The molecule has 2 fully saturated rings. The molecule has 2 aromatic carbocycles. The van der Waals surface area contributed by atoms with Crippen LogP contribution in [0.15, 0.2) is 67.0 Å². The number of hydrogen-bond acceptors (Lipinski definition) is 11. The van der Waals surface area contributed by atoms with Crippen LogP contribution in [0.2, 0.25) is 0 Å². The van der Waals surface area contributed by atoms with Crippen molar-refractivity contribution in [3.05, 3.63) is 64.9 Å². The Kier molecular flexibility index (Phi) is 5.72. The SMILES string of the molecule is COc1c2c(c(OCC3OC3(C)C)c3occc13)OC1(C=C2)OC(COc2c3ccoc3cc3oc(=O)ccc23)C(C)(C)O1. The van der Waals surface area contributed by atoms with Crippen molar-refractivity contribution in [2.75, 3.05) is 20.3 Å². The second kappa shape index (κ2) is 9.28. The van der Waals surface area contributed by atoms with Gasteiger partial charge in [0, 0.05) is 18.2 Å². The second-order valence-corrected chi connectivity index (χ2v) is 12.2. The Labute approximate surface area is 250 Å². The summed E-state index contributed by atoms with van der Waals surface area (Å²) in [6.45, 7) is 8.22. The third-order valence-corrected chi connectivity index (χ3v) is 8.43. The van der Waals surface area contributed by atoms with E-state index < -0.39 is 23.3 Å². The molecule has 3 aromatic heterocycles. The lowest BCUT2D eigenvalue weighted by molar-refractivity contribution is -0.271. The van der Waals surface area contributed by atoms with Crippen LogP contribution >= 0.6 is 0 Å². The first-order valence-electron chi connectivity index (χ1n) is 14.3. The maximum Gasteiger partial charge on any atom is 0.350 e. The van der Waals surface area contributed by atoms with Gasteiger partial charge in [0.05, 0.1) is 52.6 Å². The molecule has 0 aliphatic carbocycles. The van der Waals surface area contributed by atoms with E-state index in [1.165, 1.54) is 6.07 Å². The van der Waals surface area contributed by atoms with Gasteiger partial charge in [-0.05, 0) is 52.0 Å². The highest BCUT2D eigenvalue weighted by Gasteiger charge is 2.56. The molecule has 0 amide bonds. The molecule has 11 nitrogen and oxygen atoms in total. The van der Waals surface area contributed by atoms with Crippen molar-refractivity contribution < 1.29 is 46.4 Å². The van der Waals surface area contributed by atoms with E-state index in [9.17, 15) is 4.79 Å². The Balaban J connectivity index is 1.12. The first-order valence-corrected chi connectivity index (χ1v) is 14.3. The molecule has 0 bridgehead atoms. The lowest BCUT2D eigenvalue weighted by atomic mass is 10.0. The Hall–Kier alpha value is -4.45. The van der Waals surface area contributed by atoms with Gasteiger partial charge in [0.25, 0.3) is 0 Å². The fraction of sp³-hybridized carbons (Fsp3) is 0.364. The summed E-state index contributed by atoms with van der Waals surface area (Å²) in [4.78, 5) is 11.9. The Morgan fingerprint density at radius 2 is 1.50 bits per heavy atom. The zero-order valence-electron chi connectivity index (χ0n) is 24.8. The van der Waals surface area contributed by atoms with Crippen LogP contribution in [-0.4, -0.2) is 49.7 Å². The summed E-state index contributed by atoms with van der Waals surface area (Å²) in [5.41, 5.74) is 0.461. The summed E-state index contributed by atoms with van der Waals surface area (Å²) < 4.78 is 60.5. The molecule has 6 heterocycles. The second-order valence-electron chi connectivity index (χ2n) is 12.2. The number of benzene rings is 2. The lowest BCUT2D eigenvalue weighted by Crippen LogP contribution is -2.39. The van der Waals surface area contributed by atoms with Gasteiger partial charge < -0.3 is 46.4 Å². The minimum Gasteiger partial charge on any atom is -0.495 e. The number of epoxide rings is 1. The molecule has 0 saturated carbocycles. The monoisotopic (exact) mass is 602 g/mol. The van der Waals surface area contributed by atoms with Crippen LogP contribution < -0.4 is 24.6 Å². The summed E-state index contributed by atoms with van der Waals surface area (Å²) in [5.74, 6) is 0.271. The number of methoxy groups -OCH3 is 1. The first kappa shape index (κ1) is 27.1. The molecule has 8 rings (SSSR count). The summed E-state index contributed by atoms with van der Waals surface area (Å²) in [5, 5.41) is 2.12. The molecule has 0 N–H and O–H groups in total. The van der Waals surface area contributed by atoms with E-state index in [4.69, 9.17) is 46.4 Å². The molecule has 2 saturated heterocycles. The highest BCUT2D eigenvalue weighted by molar-refractivity contribution is 6.01. The van der Waals surface area contributed by atoms with Crippen molar-refractivity contribution in [1.82, 2.24) is 0 Å². The van der Waals surface area contributed by atoms with Crippen molar-refractivity contribution in [3.8, 4) is 23.0 Å². The molecule has 1 spiro atoms. The molecule has 228 valence electrons. The van der Waals surface area contributed by atoms with Gasteiger partial charge in [0.15, 0.2) is 11.3 Å². The summed E-state index contributed by atoms with van der Waals surface area (Å²) >= 11 is 0. The number of hydrogen-bond donors (Lipinski definition) is 0. The first-order chi connectivity index (χ1) is 21.1. The normalized spacial score (nSPS) is 24.6. The maximum atomic E-state index is 11.9. The van der Waals surface area contributed by atoms with Crippen LogP contribution in [0.1, 0.15) is 33.3 Å². The topological polar surface area (TPSA) is 124 Å². The van der Waals surface area contributed by atoms with E-state index in [2.05, 4.69) is 0 Å². The third kappa shape index (κ3) is 4.18. The number of furan rings is 2. The van der Waals surface area contributed by atoms with E-state index in [0.717, 1.165) is 10.8 Å². The number of ether oxygens (including phenoxy) is 7. The minimum absolute atomic E-state index is 0.0680. The molecule has 3 atom stereocenters. The molecular formula is C33H30O11. The smallest absolute Gasteiger partial charge is 0.350 e. The zero-order chi connectivity index (χ0) is 30.4. The minimum atomic E-state index is -1.58. The molecule has 11 heteroatoms. The van der Waals surface area contributed by atoms with Crippen molar-refractivity contribution in [1.29, 1.82) is 0 Å². The van der Waals surface area contributed by atoms with Crippen molar-refractivity contribution in [3.63, 3.8) is 0 Å². The van der Waals surface area contributed by atoms with Gasteiger partial charge in [-0.15, -0.1) is 0 Å². The van der Waals surface area contributed by atoms with E-state index in [1.54, 1.807) is 43.9 Å². The average molecular weight is 603 g/mol. The molecule has 44 heavy (non-hydrogen) atoms. The van der Waals surface area contributed by atoms with Crippen LogP contribution in [-0.2, 0) is 14.2 Å². The predicted octanol–water partition coefficient (Wildman–Crippen LogP) is 6.18.